The topological polar surface area (TPSA) is 92.8 Å². The van der Waals surface area contributed by atoms with Gasteiger partial charge >= 0.3 is 5.97 Å². The number of nitrogens with zero attached hydrogens (tertiary/aromatic N) is 1. The molecule has 1 atom stereocenters. The van der Waals surface area contributed by atoms with E-state index in [4.69, 9.17) is 4.74 Å². The van der Waals surface area contributed by atoms with E-state index in [2.05, 4.69) is 5.32 Å². The van der Waals surface area contributed by atoms with Crippen molar-refractivity contribution in [3.8, 4) is 0 Å². The number of sulfonamides is 1. The molecule has 0 spiro atoms. The lowest BCUT2D eigenvalue weighted by Gasteiger charge is -2.26. The van der Waals surface area contributed by atoms with Gasteiger partial charge in [0.2, 0.25) is 10.0 Å². The summed E-state index contributed by atoms with van der Waals surface area (Å²) in [6.45, 7) is 6.21. The van der Waals surface area contributed by atoms with Gasteiger partial charge in [-0.1, -0.05) is 25.8 Å². The molecule has 1 aromatic carbocycles. The van der Waals surface area contributed by atoms with Gasteiger partial charge in [-0.25, -0.2) is 13.2 Å². The summed E-state index contributed by atoms with van der Waals surface area (Å²) < 4.78 is 32.2. The monoisotopic (exact) mass is 410 g/mol. The molecule has 1 N–H and O–H groups in total. The SMILES string of the molecule is CCCC(C)NC(=O)COC(=O)c1cc(S(=O)(=O)N2CCCCC2)ccc1C. The minimum Gasteiger partial charge on any atom is -0.452 e. The number of hydrogen-bond donors (Lipinski definition) is 1. The van der Waals surface area contributed by atoms with Gasteiger partial charge in [-0.3, -0.25) is 4.79 Å². The van der Waals surface area contributed by atoms with Crippen LogP contribution in [0.4, 0.5) is 0 Å². The molecule has 1 unspecified atom stereocenters. The Labute approximate surface area is 167 Å². The van der Waals surface area contributed by atoms with E-state index in [0.29, 0.717) is 18.7 Å². The zero-order valence-corrected chi connectivity index (χ0v) is 17.7. The van der Waals surface area contributed by atoms with Crippen LogP contribution in [-0.2, 0) is 19.6 Å². The number of nitrogens with one attached hydrogen (secondary N) is 1. The Morgan fingerprint density at radius 3 is 2.54 bits per heavy atom. The highest BCUT2D eigenvalue weighted by atomic mass is 32.2. The maximum Gasteiger partial charge on any atom is 0.338 e. The van der Waals surface area contributed by atoms with Gasteiger partial charge in [0.25, 0.3) is 5.91 Å². The van der Waals surface area contributed by atoms with Crippen molar-refractivity contribution in [3.63, 3.8) is 0 Å². The Balaban J connectivity index is 2.08. The first-order chi connectivity index (χ1) is 13.3. The van der Waals surface area contributed by atoms with Crippen LogP contribution in [-0.4, -0.2) is 50.3 Å². The second-order valence-electron chi connectivity index (χ2n) is 7.27. The van der Waals surface area contributed by atoms with E-state index in [1.165, 1.54) is 16.4 Å². The van der Waals surface area contributed by atoms with Crippen LogP contribution in [0, 0.1) is 6.92 Å². The third-order valence-electron chi connectivity index (χ3n) is 4.85. The highest BCUT2D eigenvalue weighted by Gasteiger charge is 2.27. The molecule has 0 bridgehead atoms. The predicted octanol–water partition coefficient (Wildman–Crippen LogP) is 2.63. The number of piperidine rings is 1. The number of aryl methyl sites for hydroxylation is 1. The lowest BCUT2D eigenvalue weighted by molar-refractivity contribution is -0.124. The number of hydrogen-bond acceptors (Lipinski definition) is 5. The van der Waals surface area contributed by atoms with Gasteiger partial charge < -0.3 is 10.1 Å². The van der Waals surface area contributed by atoms with Gasteiger partial charge in [-0.2, -0.15) is 4.31 Å². The van der Waals surface area contributed by atoms with Crippen molar-refractivity contribution in [2.24, 2.45) is 0 Å². The van der Waals surface area contributed by atoms with E-state index < -0.39 is 22.6 Å². The Kier molecular flexibility index (Phi) is 8.00. The maximum absolute atomic E-state index is 12.8. The highest BCUT2D eigenvalue weighted by molar-refractivity contribution is 7.89. The molecule has 1 aliphatic heterocycles. The summed E-state index contributed by atoms with van der Waals surface area (Å²) >= 11 is 0. The number of ether oxygens (including phenoxy) is 1. The summed E-state index contributed by atoms with van der Waals surface area (Å²) in [5, 5.41) is 2.76. The second kappa shape index (κ2) is 10.0. The minimum absolute atomic E-state index is 0.0101. The average molecular weight is 411 g/mol. The number of benzene rings is 1. The lowest BCUT2D eigenvalue weighted by Crippen LogP contribution is -2.36. The van der Waals surface area contributed by atoms with Crippen LogP contribution in [0.1, 0.15) is 61.9 Å². The molecule has 1 heterocycles. The Morgan fingerprint density at radius 2 is 1.89 bits per heavy atom. The molecule has 1 fully saturated rings. The quantitative estimate of drug-likeness (QED) is 0.665. The first-order valence-corrected chi connectivity index (χ1v) is 11.3. The molecule has 28 heavy (non-hydrogen) atoms. The van der Waals surface area contributed by atoms with Crippen LogP contribution in [0.15, 0.2) is 23.1 Å². The standard InChI is InChI=1S/C20H30N2O5S/c1-4-8-16(3)21-19(23)14-27-20(24)18-13-17(10-9-15(18)2)28(25,26)22-11-6-5-7-12-22/h9-10,13,16H,4-8,11-12,14H2,1-3H3,(H,21,23). The van der Waals surface area contributed by atoms with Crippen LogP contribution in [0.25, 0.3) is 0 Å². The minimum atomic E-state index is -3.64. The van der Waals surface area contributed by atoms with E-state index in [9.17, 15) is 18.0 Å². The molecule has 0 aliphatic carbocycles. The smallest absolute Gasteiger partial charge is 0.338 e. The highest BCUT2D eigenvalue weighted by Crippen LogP contribution is 2.23. The summed E-state index contributed by atoms with van der Waals surface area (Å²) in [7, 11) is -3.64. The zero-order valence-electron chi connectivity index (χ0n) is 16.9. The van der Waals surface area contributed by atoms with E-state index in [1.54, 1.807) is 13.0 Å². The number of carbonyl (C=O) groups is 2. The van der Waals surface area contributed by atoms with Crippen LogP contribution < -0.4 is 5.32 Å². The third kappa shape index (κ3) is 5.78. The molecular weight excluding hydrogens is 380 g/mol. The van der Waals surface area contributed by atoms with Gasteiger partial charge in [0.05, 0.1) is 10.5 Å². The van der Waals surface area contributed by atoms with Gasteiger partial charge in [0.1, 0.15) is 0 Å². The van der Waals surface area contributed by atoms with Crippen molar-refractivity contribution in [2.45, 2.75) is 63.8 Å². The average Bonchev–Trinajstić information content (AvgIpc) is 2.67. The normalized spacial score (nSPS) is 16.4. The number of rotatable bonds is 8. The third-order valence-corrected chi connectivity index (χ3v) is 6.74. The fraction of sp³-hybridized carbons (Fsp3) is 0.600. The number of esters is 1. The van der Waals surface area contributed by atoms with Crippen LogP contribution in [0.5, 0.6) is 0 Å². The van der Waals surface area contributed by atoms with Crippen molar-refractivity contribution in [2.75, 3.05) is 19.7 Å². The molecule has 0 saturated carbocycles. The van der Waals surface area contributed by atoms with Gasteiger partial charge in [0.15, 0.2) is 6.61 Å². The molecule has 1 amide bonds. The molecule has 156 valence electrons. The summed E-state index contributed by atoms with van der Waals surface area (Å²) in [6.07, 6.45) is 4.49. The number of carbonyl (C=O) groups excluding carboxylic acids is 2. The van der Waals surface area contributed by atoms with Crippen molar-refractivity contribution in [1.82, 2.24) is 9.62 Å². The Morgan fingerprint density at radius 1 is 1.21 bits per heavy atom. The first-order valence-electron chi connectivity index (χ1n) is 9.83. The Bertz CT molecular complexity index is 801. The van der Waals surface area contributed by atoms with E-state index in [-0.39, 0.29) is 22.4 Å². The summed E-state index contributed by atoms with van der Waals surface area (Å²) in [5.41, 5.74) is 0.759. The maximum atomic E-state index is 12.8. The zero-order chi connectivity index (χ0) is 20.7. The summed E-state index contributed by atoms with van der Waals surface area (Å²) in [5.74, 6) is -1.07. The molecular formula is C20H30N2O5S. The van der Waals surface area contributed by atoms with Crippen molar-refractivity contribution < 1.29 is 22.7 Å². The van der Waals surface area contributed by atoms with E-state index in [0.717, 1.165) is 32.1 Å². The summed E-state index contributed by atoms with van der Waals surface area (Å²) in [6, 6.07) is 4.46. The lowest BCUT2D eigenvalue weighted by atomic mass is 10.1. The van der Waals surface area contributed by atoms with E-state index in [1.807, 2.05) is 13.8 Å². The molecule has 0 aromatic heterocycles. The Hall–Kier alpha value is -1.93. The molecule has 2 rings (SSSR count). The van der Waals surface area contributed by atoms with Crippen LogP contribution in [0.3, 0.4) is 0 Å². The van der Waals surface area contributed by atoms with Crippen LogP contribution >= 0.6 is 0 Å². The fourth-order valence-electron chi connectivity index (χ4n) is 3.27. The molecule has 1 saturated heterocycles. The largest absolute Gasteiger partial charge is 0.452 e. The molecule has 1 aromatic rings. The predicted molar refractivity (Wildman–Crippen MR) is 107 cm³/mol. The number of amides is 1. The molecule has 8 heteroatoms. The summed E-state index contributed by atoms with van der Waals surface area (Å²) in [4.78, 5) is 24.4. The first kappa shape index (κ1) is 22.4. The van der Waals surface area contributed by atoms with Gasteiger partial charge in [-0.15, -0.1) is 0 Å². The van der Waals surface area contributed by atoms with E-state index >= 15 is 0 Å². The van der Waals surface area contributed by atoms with Crippen molar-refractivity contribution in [1.29, 1.82) is 0 Å². The van der Waals surface area contributed by atoms with Crippen molar-refractivity contribution in [3.05, 3.63) is 29.3 Å². The van der Waals surface area contributed by atoms with Gasteiger partial charge in [-0.05, 0) is 50.8 Å². The molecule has 0 radical (unpaired) electrons. The van der Waals surface area contributed by atoms with Gasteiger partial charge in [0, 0.05) is 19.1 Å². The van der Waals surface area contributed by atoms with Crippen LogP contribution in [0.2, 0.25) is 0 Å². The fourth-order valence-corrected chi connectivity index (χ4v) is 4.81. The second-order valence-corrected chi connectivity index (χ2v) is 9.21. The molecule has 1 aliphatic rings. The molecule has 7 nitrogen and oxygen atoms in total. The van der Waals surface area contributed by atoms with Crippen molar-refractivity contribution >= 4 is 21.9 Å².